The number of hydrogen-bond donors (Lipinski definition) is 1. The van der Waals surface area contributed by atoms with Gasteiger partial charge in [0, 0.05) is 19.4 Å². The minimum absolute atomic E-state index is 0.0828. The van der Waals surface area contributed by atoms with E-state index in [9.17, 15) is 0 Å². The van der Waals surface area contributed by atoms with Gasteiger partial charge in [0.25, 0.3) is 0 Å². The summed E-state index contributed by atoms with van der Waals surface area (Å²) in [6.45, 7) is 0. The van der Waals surface area contributed by atoms with Gasteiger partial charge in [-0.3, -0.25) is 9.67 Å². The van der Waals surface area contributed by atoms with Crippen LogP contribution in [0.25, 0.3) is 0 Å². The molecule has 0 aromatic carbocycles. The van der Waals surface area contributed by atoms with Gasteiger partial charge in [0.2, 0.25) is 0 Å². The molecule has 0 saturated carbocycles. The molecular formula is C13H18N4O. The first-order valence-electron chi connectivity index (χ1n) is 5.92. The molecular weight excluding hydrogens is 228 g/mol. The summed E-state index contributed by atoms with van der Waals surface area (Å²) in [6.07, 6.45) is 7.05. The summed E-state index contributed by atoms with van der Waals surface area (Å²) < 4.78 is 7.04. The molecule has 18 heavy (non-hydrogen) atoms. The van der Waals surface area contributed by atoms with E-state index in [1.54, 1.807) is 30.4 Å². The third kappa shape index (κ3) is 2.68. The SMILES string of the molecule is COc1cnn(C)c1C(N)CCc1ccncc1. The molecule has 0 aliphatic rings. The molecule has 1 atom stereocenters. The summed E-state index contributed by atoms with van der Waals surface area (Å²) in [7, 11) is 3.51. The van der Waals surface area contributed by atoms with Gasteiger partial charge >= 0.3 is 0 Å². The fourth-order valence-electron chi connectivity index (χ4n) is 2.02. The zero-order valence-electron chi connectivity index (χ0n) is 10.7. The van der Waals surface area contributed by atoms with Crippen LogP contribution in [0, 0.1) is 0 Å². The number of methoxy groups -OCH3 is 1. The number of ether oxygens (including phenoxy) is 1. The topological polar surface area (TPSA) is 66.0 Å². The minimum atomic E-state index is -0.0828. The van der Waals surface area contributed by atoms with Crippen molar-refractivity contribution < 1.29 is 4.74 Å². The van der Waals surface area contributed by atoms with Crippen molar-refractivity contribution in [3.05, 3.63) is 42.0 Å². The van der Waals surface area contributed by atoms with E-state index in [1.165, 1.54) is 5.56 Å². The second-order valence-corrected chi connectivity index (χ2v) is 4.22. The highest BCUT2D eigenvalue weighted by molar-refractivity contribution is 5.28. The molecule has 0 fully saturated rings. The zero-order valence-corrected chi connectivity index (χ0v) is 10.7. The van der Waals surface area contributed by atoms with Crippen molar-refractivity contribution in [3.8, 4) is 5.75 Å². The molecule has 0 aliphatic carbocycles. The van der Waals surface area contributed by atoms with Crippen LogP contribution < -0.4 is 10.5 Å². The number of hydrogen-bond acceptors (Lipinski definition) is 4. The lowest BCUT2D eigenvalue weighted by Gasteiger charge is -2.13. The molecule has 0 radical (unpaired) electrons. The van der Waals surface area contributed by atoms with Crippen LogP contribution in [-0.4, -0.2) is 21.9 Å². The van der Waals surface area contributed by atoms with Gasteiger partial charge in [-0.1, -0.05) is 0 Å². The largest absolute Gasteiger partial charge is 0.493 e. The van der Waals surface area contributed by atoms with Crippen LogP contribution in [0.5, 0.6) is 5.75 Å². The predicted octanol–water partition coefficient (Wildman–Crippen LogP) is 1.46. The van der Waals surface area contributed by atoms with Crippen LogP contribution >= 0.6 is 0 Å². The Kier molecular flexibility index (Phi) is 3.94. The number of rotatable bonds is 5. The van der Waals surface area contributed by atoms with Gasteiger partial charge in [-0.25, -0.2) is 0 Å². The Balaban J connectivity index is 2.03. The van der Waals surface area contributed by atoms with Crippen LogP contribution in [0.4, 0.5) is 0 Å². The third-order valence-electron chi connectivity index (χ3n) is 3.01. The van der Waals surface area contributed by atoms with Crippen molar-refractivity contribution >= 4 is 0 Å². The average Bonchev–Trinajstić information content (AvgIpc) is 2.78. The number of pyridine rings is 1. The quantitative estimate of drug-likeness (QED) is 0.867. The van der Waals surface area contributed by atoms with Gasteiger partial charge in [0.15, 0.2) is 5.75 Å². The fraction of sp³-hybridized carbons (Fsp3) is 0.385. The molecule has 0 spiro atoms. The third-order valence-corrected chi connectivity index (χ3v) is 3.01. The monoisotopic (exact) mass is 246 g/mol. The van der Waals surface area contributed by atoms with E-state index in [0.717, 1.165) is 24.3 Å². The molecule has 2 N–H and O–H groups in total. The van der Waals surface area contributed by atoms with Gasteiger partial charge in [-0.2, -0.15) is 5.10 Å². The Morgan fingerprint density at radius 2 is 2.11 bits per heavy atom. The van der Waals surface area contributed by atoms with E-state index in [4.69, 9.17) is 10.5 Å². The van der Waals surface area contributed by atoms with Crippen molar-refractivity contribution in [2.45, 2.75) is 18.9 Å². The molecule has 0 aliphatic heterocycles. The van der Waals surface area contributed by atoms with E-state index in [1.807, 2.05) is 19.2 Å². The highest BCUT2D eigenvalue weighted by atomic mass is 16.5. The molecule has 5 heteroatoms. The lowest BCUT2D eigenvalue weighted by molar-refractivity contribution is 0.401. The first-order valence-corrected chi connectivity index (χ1v) is 5.92. The summed E-state index contributed by atoms with van der Waals surface area (Å²) in [4.78, 5) is 4.00. The zero-order chi connectivity index (χ0) is 13.0. The van der Waals surface area contributed by atoms with Gasteiger partial charge in [0.05, 0.1) is 25.0 Å². The van der Waals surface area contributed by atoms with E-state index in [0.29, 0.717) is 0 Å². The van der Waals surface area contributed by atoms with Crippen LogP contribution in [-0.2, 0) is 13.5 Å². The van der Waals surface area contributed by atoms with E-state index in [2.05, 4.69) is 10.1 Å². The van der Waals surface area contributed by atoms with Crippen molar-refractivity contribution in [1.82, 2.24) is 14.8 Å². The maximum absolute atomic E-state index is 6.21. The fourth-order valence-corrected chi connectivity index (χ4v) is 2.02. The second-order valence-electron chi connectivity index (χ2n) is 4.22. The molecule has 0 saturated heterocycles. The Hall–Kier alpha value is -1.88. The van der Waals surface area contributed by atoms with Gasteiger partial charge in [-0.15, -0.1) is 0 Å². The summed E-state index contributed by atoms with van der Waals surface area (Å²) in [5, 5.41) is 4.17. The Bertz CT molecular complexity index is 495. The van der Waals surface area contributed by atoms with Gasteiger partial charge < -0.3 is 10.5 Å². The van der Waals surface area contributed by atoms with E-state index in [-0.39, 0.29) is 6.04 Å². The molecule has 1 unspecified atom stereocenters. The number of nitrogens with zero attached hydrogens (tertiary/aromatic N) is 3. The van der Waals surface area contributed by atoms with Crippen molar-refractivity contribution in [2.24, 2.45) is 12.8 Å². The highest BCUT2D eigenvalue weighted by Gasteiger charge is 2.16. The predicted molar refractivity (Wildman–Crippen MR) is 69.2 cm³/mol. The van der Waals surface area contributed by atoms with Gasteiger partial charge in [0.1, 0.15) is 0 Å². The molecule has 2 rings (SSSR count). The molecule has 0 bridgehead atoms. The first kappa shape index (κ1) is 12.6. The Morgan fingerprint density at radius 3 is 2.78 bits per heavy atom. The Labute approximate surface area is 107 Å². The van der Waals surface area contributed by atoms with E-state index >= 15 is 0 Å². The van der Waals surface area contributed by atoms with Crippen LogP contribution in [0.2, 0.25) is 0 Å². The number of aromatic nitrogens is 3. The van der Waals surface area contributed by atoms with Crippen molar-refractivity contribution in [2.75, 3.05) is 7.11 Å². The second kappa shape index (κ2) is 5.64. The normalized spacial score (nSPS) is 12.4. The standard InChI is InChI=1S/C13H18N4O/c1-17-13(12(18-2)9-16-17)11(14)4-3-10-5-7-15-8-6-10/h5-9,11H,3-4,14H2,1-2H3. The molecule has 5 nitrogen and oxygen atoms in total. The number of nitrogens with two attached hydrogens (primary N) is 1. The maximum Gasteiger partial charge on any atom is 0.161 e. The molecule has 0 amide bonds. The van der Waals surface area contributed by atoms with Crippen molar-refractivity contribution in [1.29, 1.82) is 0 Å². The number of aryl methyl sites for hydroxylation is 2. The summed E-state index contributed by atoms with van der Waals surface area (Å²) >= 11 is 0. The molecule has 2 aromatic rings. The molecule has 2 aromatic heterocycles. The maximum atomic E-state index is 6.21. The molecule has 2 heterocycles. The van der Waals surface area contributed by atoms with E-state index < -0.39 is 0 Å². The lowest BCUT2D eigenvalue weighted by atomic mass is 10.0. The van der Waals surface area contributed by atoms with Gasteiger partial charge in [-0.05, 0) is 30.5 Å². The smallest absolute Gasteiger partial charge is 0.161 e. The highest BCUT2D eigenvalue weighted by Crippen LogP contribution is 2.25. The average molecular weight is 246 g/mol. The van der Waals surface area contributed by atoms with Crippen molar-refractivity contribution in [3.63, 3.8) is 0 Å². The minimum Gasteiger partial charge on any atom is -0.493 e. The summed E-state index contributed by atoms with van der Waals surface area (Å²) in [6, 6.07) is 3.93. The first-order chi connectivity index (χ1) is 8.72. The lowest BCUT2D eigenvalue weighted by Crippen LogP contribution is -2.16. The summed E-state index contributed by atoms with van der Waals surface area (Å²) in [5.74, 6) is 0.750. The molecule has 96 valence electrons. The van der Waals surface area contributed by atoms with Crippen LogP contribution in [0.3, 0.4) is 0 Å². The van der Waals surface area contributed by atoms with Crippen LogP contribution in [0.1, 0.15) is 23.7 Å². The van der Waals surface area contributed by atoms with Crippen LogP contribution in [0.15, 0.2) is 30.7 Å². The summed E-state index contributed by atoms with van der Waals surface area (Å²) in [5.41, 5.74) is 8.38. The Morgan fingerprint density at radius 1 is 1.39 bits per heavy atom.